The Balaban J connectivity index is 1.96. The van der Waals surface area contributed by atoms with E-state index in [4.69, 9.17) is 4.74 Å². The molecule has 1 aliphatic rings. The molecule has 1 fully saturated rings. The summed E-state index contributed by atoms with van der Waals surface area (Å²) in [5, 5.41) is 3.29. The van der Waals surface area contributed by atoms with Gasteiger partial charge in [-0.05, 0) is 38.8 Å². The molecule has 0 aromatic carbocycles. The zero-order valence-electron chi connectivity index (χ0n) is 10.0. The Hall–Kier alpha value is -0.670. The number of Topliss-reactive ketones (excluding diaryl/α,β-unsaturated/α-hetero) is 1. The van der Waals surface area contributed by atoms with Crippen LogP contribution in [0.1, 0.15) is 38.5 Å². The Bertz CT molecular complexity index is 210. The standard InChI is InChI=1S/C13H23NO2/c1-2-3-4-5-12(15)8-11-16-13-6-9-14-10-7-13/h2,13-14H,1,3-11H2. The molecule has 92 valence electrons. The molecular formula is C13H23NO2. The van der Waals surface area contributed by atoms with Gasteiger partial charge in [0.05, 0.1) is 12.7 Å². The maximum Gasteiger partial charge on any atom is 0.135 e. The molecule has 0 amide bonds. The van der Waals surface area contributed by atoms with Gasteiger partial charge < -0.3 is 10.1 Å². The number of hydrogen-bond donors (Lipinski definition) is 1. The van der Waals surface area contributed by atoms with Gasteiger partial charge in [-0.3, -0.25) is 4.79 Å². The highest BCUT2D eigenvalue weighted by Crippen LogP contribution is 2.08. The van der Waals surface area contributed by atoms with Gasteiger partial charge in [-0.25, -0.2) is 0 Å². The van der Waals surface area contributed by atoms with Crippen LogP contribution in [0, 0.1) is 0 Å². The van der Waals surface area contributed by atoms with Crippen LogP contribution >= 0.6 is 0 Å². The van der Waals surface area contributed by atoms with Crippen LogP contribution in [0.5, 0.6) is 0 Å². The van der Waals surface area contributed by atoms with Crippen LogP contribution in [0.2, 0.25) is 0 Å². The SMILES string of the molecule is C=CCCCC(=O)CCOC1CCNCC1. The van der Waals surface area contributed by atoms with Crippen LogP contribution in [0.15, 0.2) is 12.7 Å². The normalized spacial score (nSPS) is 17.2. The summed E-state index contributed by atoms with van der Waals surface area (Å²) in [6.07, 6.45) is 7.47. The maximum atomic E-state index is 11.4. The lowest BCUT2D eigenvalue weighted by Gasteiger charge is -2.22. The minimum Gasteiger partial charge on any atom is -0.378 e. The lowest BCUT2D eigenvalue weighted by atomic mass is 10.1. The van der Waals surface area contributed by atoms with Gasteiger partial charge in [-0.2, -0.15) is 0 Å². The minimum absolute atomic E-state index is 0.316. The fourth-order valence-corrected chi connectivity index (χ4v) is 1.87. The molecule has 0 bridgehead atoms. The molecule has 1 saturated heterocycles. The molecule has 1 rings (SSSR count). The van der Waals surface area contributed by atoms with Crippen molar-refractivity contribution in [3.8, 4) is 0 Å². The van der Waals surface area contributed by atoms with Gasteiger partial charge in [0.1, 0.15) is 5.78 Å². The van der Waals surface area contributed by atoms with Crippen LogP contribution in [0.3, 0.4) is 0 Å². The third kappa shape index (κ3) is 6.03. The summed E-state index contributed by atoms with van der Waals surface area (Å²) < 4.78 is 5.68. The number of piperidine rings is 1. The molecule has 16 heavy (non-hydrogen) atoms. The number of carbonyl (C=O) groups is 1. The highest BCUT2D eigenvalue weighted by Gasteiger charge is 2.13. The molecule has 0 aliphatic carbocycles. The molecule has 0 saturated carbocycles. The first-order valence-corrected chi connectivity index (χ1v) is 6.28. The Morgan fingerprint density at radius 3 is 2.81 bits per heavy atom. The number of hydrogen-bond acceptors (Lipinski definition) is 3. The summed E-state index contributed by atoms with van der Waals surface area (Å²) in [4.78, 5) is 11.4. The quantitative estimate of drug-likeness (QED) is 0.507. The summed E-state index contributed by atoms with van der Waals surface area (Å²) in [6.45, 7) is 6.31. The Labute approximate surface area is 98.2 Å². The minimum atomic E-state index is 0.316. The van der Waals surface area contributed by atoms with Gasteiger partial charge in [-0.1, -0.05) is 6.08 Å². The van der Waals surface area contributed by atoms with E-state index in [1.165, 1.54) is 0 Å². The fourth-order valence-electron chi connectivity index (χ4n) is 1.87. The Kier molecular flexibility index (Phi) is 7.10. The number of rotatable bonds is 8. The smallest absolute Gasteiger partial charge is 0.135 e. The van der Waals surface area contributed by atoms with E-state index in [2.05, 4.69) is 11.9 Å². The lowest BCUT2D eigenvalue weighted by Crippen LogP contribution is -2.32. The third-order valence-corrected chi connectivity index (χ3v) is 2.88. The Morgan fingerprint density at radius 1 is 1.38 bits per heavy atom. The topological polar surface area (TPSA) is 38.3 Å². The molecule has 3 nitrogen and oxygen atoms in total. The maximum absolute atomic E-state index is 11.4. The van der Waals surface area contributed by atoms with Gasteiger partial charge in [-0.15, -0.1) is 6.58 Å². The number of carbonyl (C=O) groups excluding carboxylic acids is 1. The first kappa shape index (κ1) is 13.4. The molecule has 0 aromatic heterocycles. The largest absolute Gasteiger partial charge is 0.378 e. The van der Waals surface area contributed by atoms with Gasteiger partial charge in [0, 0.05) is 12.8 Å². The molecule has 1 N–H and O–H groups in total. The van der Waals surface area contributed by atoms with Gasteiger partial charge in [0.25, 0.3) is 0 Å². The van der Waals surface area contributed by atoms with Crippen LogP contribution < -0.4 is 5.32 Å². The summed E-state index contributed by atoms with van der Waals surface area (Å²) in [5.41, 5.74) is 0. The zero-order valence-corrected chi connectivity index (χ0v) is 10.0. The summed E-state index contributed by atoms with van der Waals surface area (Å²) >= 11 is 0. The van der Waals surface area contributed by atoms with E-state index in [0.29, 0.717) is 31.3 Å². The van der Waals surface area contributed by atoms with Crippen molar-refractivity contribution in [2.75, 3.05) is 19.7 Å². The number of allylic oxidation sites excluding steroid dienone is 1. The number of ketones is 1. The van der Waals surface area contributed by atoms with Gasteiger partial charge in [0.2, 0.25) is 0 Å². The van der Waals surface area contributed by atoms with E-state index in [9.17, 15) is 4.79 Å². The first-order valence-electron chi connectivity index (χ1n) is 6.28. The molecule has 0 unspecified atom stereocenters. The third-order valence-electron chi connectivity index (χ3n) is 2.88. The van der Waals surface area contributed by atoms with Crippen LogP contribution in [0.25, 0.3) is 0 Å². The molecule has 1 aliphatic heterocycles. The van der Waals surface area contributed by atoms with Crippen molar-refractivity contribution in [2.45, 2.75) is 44.6 Å². The van der Waals surface area contributed by atoms with Crippen LogP contribution in [-0.4, -0.2) is 31.6 Å². The highest BCUT2D eigenvalue weighted by molar-refractivity contribution is 5.78. The highest BCUT2D eigenvalue weighted by atomic mass is 16.5. The average Bonchev–Trinajstić information content (AvgIpc) is 2.31. The summed E-state index contributed by atoms with van der Waals surface area (Å²) in [5.74, 6) is 0.316. The lowest BCUT2D eigenvalue weighted by molar-refractivity contribution is -0.120. The molecule has 0 radical (unpaired) electrons. The zero-order chi connectivity index (χ0) is 11.6. The van der Waals surface area contributed by atoms with E-state index in [1.54, 1.807) is 0 Å². The van der Waals surface area contributed by atoms with E-state index in [0.717, 1.165) is 38.8 Å². The van der Waals surface area contributed by atoms with Gasteiger partial charge in [0.15, 0.2) is 0 Å². The molecule has 0 spiro atoms. The van der Waals surface area contributed by atoms with Crippen LogP contribution in [-0.2, 0) is 9.53 Å². The van der Waals surface area contributed by atoms with Crippen molar-refractivity contribution in [3.63, 3.8) is 0 Å². The second-order valence-corrected chi connectivity index (χ2v) is 4.29. The summed E-state index contributed by atoms with van der Waals surface area (Å²) in [7, 11) is 0. The predicted molar refractivity (Wildman–Crippen MR) is 65.5 cm³/mol. The average molecular weight is 225 g/mol. The van der Waals surface area contributed by atoms with Crippen molar-refractivity contribution < 1.29 is 9.53 Å². The fraction of sp³-hybridized carbons (Fsp3) is 0.769. The van der Waals surface area contributed by atoms with Crippen LogP contribution in [0.4, 0.5) is 0 Å². The summed E-state index contributed by atoms with van der Waals surface area (Å²) in [6, 6.07) is 0. The number of nitrogens with one attached hydrogen (secondary N) is 1. The van der Waals surface area contributed by atoms with Crippen molar-refractivity contribution in [1.29, 1.82) is 0 Å². The second kappa shape index (κ2) is 8.48. The van der Waals surface area contributed by atoms with E-state index < -0.39 is 0 Å². The molecule has 3 heteroatoms. The van der Waals surface area contributed by atoms with Crippen molar-refractivity contribution in [2.24, 2.45) is 0 Å². The molecule has 0 aromatic rings. The number of ether oxygens (including phenoxy) is 1. The molecule has 1 heterocycles. The first-order chi connectivity index (χ1) is 7.83. The second-order valence-electron chi connectivity index (χ2n) is 4.29. The van der Waals surface area contributed by atoms with E-state index >= 15 is 0 Å². The number of unbranched alkanes of at least 4 members (excludes halogenated alkanes) is 1. The molecule has 0 atom stereocenters. The van der Waals surface area contributed by atoms with E-state index in [1.807, 2.05) is 6.08 Å². The van der Waals surface area contributed by atoms with Crippen molar-refractivity contribution in [3.05, 3.63) is 12.7 Å². The predicted octanol–water partition coefficient (Wildman–Crippen LogP) is 2.07. The Morgan fingerprint density at radius 2 is 2.12 bits per heavy atom. The monoisotopic (exact) mass is 225 g/mol. The van der Waals surface area contributed by atoms with Crippen molar-refractivity contribution >= 4 is 5.78 Å². The van der Waals surface area contributed by atoms with Gasteiger partial charge >= 0.3 is 0 Å². The van der Waals surface area contributed by atoms with E-state index in [-0.39, 0.29) is 0 Å². The molecular weight excluding hydrogens is 202 g/mol. The van der Waals surface area contributed by atoms with Crippen molar-refractivity contribution in [1.82, 2.24) is 5.32 Å².